The van der Waals surface area contributed by atoms with Gasteiger partial charge in [-0.15, -0.1) is 11.3 Å². The highest BCUT2D eigenvalue weighted by molar-refractivity contribution is 7.17. The fourth-order valence-electron chi connectivity index (χ4n) is 6.44. The van der Waals surface area contributed by atoms with Crippen LogP contribution in [0.4, 0.5) is 5.69 Å². The van der Waals surface area contributed by atoms with Crippen molar-refractivity contribution in [3.05, 3.63) is 70.3 Å². The topological polar surface area (TPSA) is 71.6 Å². The molecule has 1 N–H and O–H groups in total. The standard InChI is InChI=1S/C37H49N3O4S.HI/c1-2-3-4-5-6-7-8-9-15-37(42)44-29-40(24-21-39(22-25-40)34-13-12-14-35-32(34)20-27-45-35)23-10-11-26-43-31-18-16-30-17-19-36(41)38-33(30)28-31;/h12-14,16-20,27-28H,2-11,15,21-26,29H2,1H3;1H. The van der Waals surface area contributed by atoms with E-state index in [1.165, 1.54) is 60.4 Å². The summed E-state index contributed by atoms with van der Waals surface area (Å²) in [6.45, 7) is 8.03. The lowest BCUT2D eigenvalue weighted by atomic mass is 10.1. The molecule has 0 bridgehead atoms. The maximum Gasteiger partial charge on any atom is 0.310 e. The highest BCUT2D eigenvalue weighted by Crippen LogP contribution is 2.32. The molecule has 9 heteroatoms. The van der Waals surface area contributed by atoms with E-state index in [-0.39, 0.29) is 35.5 Å². The number of pyridine rings is 1. The van der Waals surface area contributed by atoms with E-state index in [1.54, 1.807) is 11.3 Å². The fourth-order valence-corrected chi connectivity index (χ4v) is 7.25. The van der Waals surface area contributed by atoms with Crippen molar-refractivity contribution >= 4 is 44.0 Å². The lowest BCUT2D eigenvalue weighted by molar-refractivity contribution is -0.944. The van der Waals surface area contributed by atoms with Gasteiger partial charge in [0.2, 0.25) is 12.3 Å². The number of aromatic amines is 1. The van der Waals surface area contributed by atoms with Crippen LogP contribution in [0.3, 0.4) is 0 Å². The Kier molecular flexibility index (Phi) is 14.7. The summed E-state index contributed by atoms with van der Waals surface area (Å²) in [6.07, 6.45) is 12.2. The second-order valence-electron chi connectivity index (χ2n) is 12.6. The molecular formula is C37H50IN3O4S. The Bertz CT molecular complexity index is 1560. The molecule has 0 saturated carbocycles. The van der Waals surface area contributed by atoms with Crippen LogP contribution in [-0.4, -0.2) is 61.5 Å². The van der Waals surface area contributed by atoms with Crippen molar-refractivity contribution in [2.75, 3.05) is 51.0 Å². The van der Waals surface area contributed by atoms with E-state index >= 15 is 0 Å². The van der Waals surface area contributed by atoms with Crippen molar-refractivity contribution in [3.8, 4) is 5.75 Å². The minimum absolute atomic E-state index is 0. The fraction of sp³-hybridized carbons (Fsp3) is 0.514. The molecule has 1 saturated heterocycles. The zero-order chi connectivity index (χ0) is 31.3. The number of quaternary nitrogens is 1. The number of hydrogen-bond acceptors (Lipinski definition) is 6. The van der Waals surface area contributed by atoms with Crippen LogP contribution in [0, 0.1) is 0 Å². The molecule has 0 spiro atoms. The van der Waals surface area contributed by atoms with Gasteiger partial charge in [-0.25, -0.2) is 0 Å². The van der Waals surface area contributed by atoms with Crippen LogP contribution in [0.15, 0.2) is 64.8 Å². The summed E-state index contributed by atoms with van der Waals surface area (Å²) in [4.78, 5) is 29.8. The Morgan fingerprint density at radius 3 is 2.48 bits per heavy atom. The SMILES string of the molecule is CCCCCCCCCCC(=O)OC[N+]1(CCCCOc2ccc3ccc(=O)[nH]c3c2)CCN(c2cccc3sccc23)CC1.[I-]. The number of piperazine rings is 1. The number of nitrogens with zero attached hydrogens (tertiary/aromatic N) is 2. The lowest BCUT2D eigenvalue weighted by Gasteiger charge is -2.45. The van der Waals surface area contributed by atoms with Gasteiger partial charge in [0.1, 0.15) is 5.75 Å². The minimum Gasteiger partial charge on any atom is -1.00 e. The number of benzene rings is 2. The summed E-state index contributed by atoms with van der Waals surface area (Å²) in [7, 11) is 0. The van der Waals surface area contributed by atoms with E-state index in [9.17, 15) is 9.59 Å². The van der Waals surface area contributed by atoms with E-state index in [2.05, 4.69) is 46.5 Å². The first-order valence-electron chi connectivity index (χ1n) is 17.0. The second kappa shape index (κ2) is 18.6. The minimum atomic E-state index is -0.112. The summed E-state index contributed by atoms with van der Waals surface area (Å²) in [5.41, 5.74) is 1.98. The number of thiophene rings is 1. The van der Waals surface area contributed by atoms with E-state index < -0.39 is 0 Å². The number of hydrogen-bond donors (Lipinski definition) is 1. The molecule has 0 aliphatic carbocycles. The average molecular weight is 760 g/mol. The predicted molar refractivity (Wildman–Crippen MR) is 186 cm³/mol. The van der Waals surface area contributed by atoms with Crippen LogP contribution in [0.2, 0.25) is 0 Å². The number of rotatable bonds is 18. The summed E-state index contributed by atoms with van der Waals surface area (Å²) in [5, 5.41) is 4.48. The van der Waals surface area contributed by atoms with Gasteiger partial charge in [0.15, 0.2) is 0 Å². The lowest BCUT2D eigenvalue weighted by Crippen LogP contribution is -3.00. The van der Waals surface area contributed by atoms with Crippen molar-refractivity contribution in [1.82, 2.24) is 4.98 Å². The third kappa shape index (κ3) is 10.4. The van der Waals surface area contributed by atoms with E-state index in [1.807, 2.05) is 24.3 Å². The van der Waals surface area contributed by atoms with E-state index in [4.69, 9.17) is 9.47 Å². The molecule has 4 aromatic rings. The summed E-state index contributed by atoms with van der Waals surface area (Å²) in [6, 6.07) is 18.0. The Balaban J connectivity index is 0.00000480. The number of H-pyrrole nitrogens is 1. The first-order valence-corrected chi connectivity index (χ1v) is 17.9. The van der Waals surface area contributed by atoms with E-state index in [0.29, 0.717) is 19.8 Å². The number of unbranched alkanes of at least 4 members (excludes halogenated alkanes) is 8. The molecule has 46 heavy (non-hydrogen) atoms. The van der Waals surface area contributed by atoms with Gasteiger partial charge < -0.3 is 43.3 Å². The number of carbonyl (C=O) groups excluding carboxylic acids is 1. The van der Waals surface area contributed by atoms with Gasteiger partial charge in [-0.1, -0.05) is 57.9 Å². The van der Waals surface area contributed by atoms with Crippen LogP contribution in [0.25, 0.3) is 21.0 Å². The number of nitrogens with one attached hydrogen (secondary N) is 1. The summed E-state index contributed by atoms with van der Waals surface area (Å²) in [5.74, 6) is 0.709. The van der Waals surface area contributed by atoms with Gasteiger partial charge in [0, 0.05) is 34.3 Å². The van der Waals surface area contributed by atoms with Crippen molar-refractivity contribution < 1.29 is 42.7 Å². The van der Waals surface area contributed by atoms with E-state index in [0.717, 1.165) is 79.5 Å². The number of halogens is 1. The number of carbonyl (C=O) groups is 1. The molecule has 0 amide bonds. The zero-order valence-corrected chi connectivity index (χ0v) is 30.3. The molecule has 2 aromatic heterocycles. The Hall–Kier alpha value is -2.63. The maximum atomic E-state index is 12.8. The monoisotopic (exact) mass is 759 g/mol. The number of anilines is 1. The first-order chi connectivity index (χ1) is 22.0. The van der Waals surface area contributed by atoms with Crippen LogP contribution < -0.4 is 39.2 Å². The van der Waals surface area contributed by atoms with Gasteiger partial charge in [-0.3, -0.25) is 14.1 Å². The average Bonchev–Trinajstić information content (AvgIpc) is 3.55. The van der Waals surface area contributed by atoms with Crippen molar-refractivity contribution in [2.45, 2.75) is 77.6 Å². The van der Waals surface area contributed by atoms with Crippen LogP contribution in [-0.2, 0) is 9.53 Å². The van der Waals surface area contributed by atoms with Gasteiger partial charge in [-0.2, -0.15) is 0 Å². The Morgan fingerprint density at radius 2 is 1.67 bits per heavy atom. The van der Waals surface area contributed by atoms with Crippen LogP contribution in [0.1, 0.15) is 77.6 Å². The molecule has 1 aliphatic heterocycles. The Labute approximate surface area is 294 Å². The van der Waals surface area contributed by atoms with Gasteiger partial charge in [0.25, 0.3) is 0 Å². The van der Waals surface area contributed by atoms with Crippen molar-refractivity contribution in [1.29, 1.82) is 0 Å². The molecule has 5 rings (SSSR count). The zero-order valence-electron chi connectivity index (χ0n) is 27.3. The van der Waals surface area contributed by atoms with Gasteiger partial charge in [0.05, 0.1) is 44.8 Å². The quantitative estimate of drug-likeness (QED) is 0.0649. The van der Waals surface area contributed by atoms with Crippen LogP contribution in [0.5, 0.6) is 5.75 Å². The molecular weight excluding hydrogens is 709 g/mol. The van der Waals surface area contributed by atoms with Gasteiger partial charge in [-0.05, 0) is 66.4 Å². The molecule has 7 nitrogen and oxygen atoms in total. The second-order valence-corrected chi connectivity index (χ2v) is 13.6. The molecule has 3 heterocycles. The third-order valence-electron chi connectivity index (χ3n) is 9.23. The summed E-state index contributed by atoms with van der Waals surface area (Å²) < 4.78 is 14.2. The molecule has 0 radical (unpaired) electrons. The predicted octanol–water partition coefficient (Wildman–Crippen LogP) is 5.27. The third-order valence-corrected chi connectivity index (χ3v) is 10.1. The van der Waals surface area contributed by atoms with Crippen LogP contribution >= 0.6 is 11.3 Å². The maximum absolute atomic E-state index is 12.8. The smallest absolute Gasteiger partial charge is 0.310 e. The summed E-state index contributed by atoms with van der Waals surface area (Å²) >= 11 is 1.79. The van der Waals surface area contributed by atoms with Crippen molar-refractivity contribution in [3.63, 3.8) is 0 Å². The normalized spacial score (nSPS) is 14.3. The highest BCUT2D eigenvalue weighted by Gasteiger charge is 2.34. The number of aromatic nitrogens is 1. The first kappa shape index (κ1) is 36.2. The molecule has 0 unspecified atom stereocenters. The highest BCUT2D eigenvalue weighted by atomic mass is 127. The number of ether oxygens (including phenoxy) is 2. The number of esters is 1. The molecule has 250 valence electrons. The molecule has 0 atom stereocenters. The largest absolute Gasteiger partial charge is 1.00 e. The number of fused-ring (bicyclic) bond motifs is 2. The van der Waals surface area contributed by atoms with Crippen molar-refractivity contribution in [2.24, 2.45) is 0 Å². The molecule has 1 fully saturated rings. The van der Waals surface area contributed by atoms with Gasteiger partial charge >= 0.3 is 5.97 Å². The molecule has 1 aliphatic rings. The Morgan fingerprint density at radius 1 is 0.913 bits per heavy atom. The molecule has 2 aromatic carbocycles.